The highest BCUT2D eigenvalue weighted by Crippen LogP contribution is 2.27. The van der Waals surface area contributed by atoms with Crippen LogP contribution >= 0.6 is 0 Å². The molecule has 1 saturated heterocycles. The van der Waals surface area contributed by atoms with Crippen LogP contribution in [0.25, 0.3) is 11.0 Å². The monoisotopic (exact) mass is 353 g/mol. The summed E-state index contributed by atoms with van der Waals surface area (Å²) < 4.78 is 20.4. The summed E-state index contributed by atoms with van der Waals surface area (Å²) in [7, 11) is 1.88. The third-order valence-electron chi connectivity index (χ3n) is 4.51. The second-order valence-electron chi connectivity index (χ2n) is 6.31. The van der Waals surface area contributed by atoms with Gasteiger partial charge in [-0.25, -0.2) is 9.37 Å². The van der Waals surface area contributed by atoms with E-state index in [1.54, 1.807) is 18.5 Å². The molecule has 132 valence electrons. The molecule has 1 fully saturated rings. The summed E-state index contributed by atoms with van der Waals surface area (Å²) in [6.07, 6.45) is 1.76. The van der Waals surface area contributed by atoms with Gasteiger partial charge in [0.15, 0.2) is 0 Å². The fraction of sp³-hybridized carbons (Fsp3) is 0.211. The first-order valence-electron chi connectivity index (χ1n) is 8.20. The van der Waals surface area contributed by atoms with Crippen LogP contribution in [0.5, 0.6) is 5.75 Å². The lowest BCUT2D eigenvalue weighted by Gasteiger charge is -2.16. The number of rotatable bonds is 3. The molecule has 3 aromatic rings. The van der Waals surface area contributed by atoms with Gasteiger partial charge in [0.25, 0.3) is 0 Å². The van der Waals surface area contributed by atoms with Crippen LogP contribution in [0.2, 0.25) is 0 Å². The van der Waals surface area contributed by atoms with Crippen LogP contribution in [-0.4, -0.2) is 28.0 Å². The molecule has 1 atom stereocenters. The maximum Gasteiger partial charge on any atom is 0.316 e. The second kappa shape index (κ2) is 6.25. The number of aromatic nitrogens is 2. The summed E-state index contributed by atoms with van der Waals surface area (Å²) in [5, 5.41) is 0. The number of amides is 1. The van der Waals surface area contributed by atoms with E-state index in [2.05, 4.69) is 4.98 Å². The smallest absolute Gasteiger partial charge is 0.316 e. The first-order valence-corrected chi connectivity index (χ1v) is 8.20. The van der Waals surface area contributed by atoms with Gasteiger partial charge in [0.1, 0.15) is 11.6 Å². The number of benzene rings is 2. The Hall–Kier alpha value is -3.22. The molecule has 1 aromatic heterocycles. The summed E-state index contributed by atoms with van der Waals surface area (Å²) in [5.74, 6) is -1.18. The zero-order valence-electron chi connectivity index (χ0n) is 14.1. The van der Waals surface area contributed by atoms with Gasteiger partial charge in [-0.2, -0.15) is 0 Å². The lowest BCUT2D eigenvalue weighted by molar-refractivity contribution is -0.139. The van der Waals surface area contributed by atoms with Crippen LogP contribution in [0.15, 0.2) is 48.8 Å². The minimum atomic E-state index is -0.563. The Morgan fingerprint density at radius 3 is 2.77 bits per heavy atom. The van der Waals surface area contributed by atoms with Crippen molar-refractivity contribution in [2.45, 2.75) is 6.42 Å². The van der Waals surface area contributed by atoms with Crippen molar-refractivity contribution in [2.75, 3.05) is 11.4 Å². The topological polar surface area (TPSA) is 64.4 Å². The Kier molecular flexibility index (Phi) is 3.91. The predicted molar refractivity (Wildman–Crippen MR) is 93.2 cm³/mol. The Labute approximate surface area is 148 Å². The third-order valence-corrected chi connectivity index (χ3v) is 4.51. The molecule has 0 N–H and O–H groups in total. The number of anilines is 1. The number of carbonyl (C=O) groups is 2. The van der Waals surface area contributed by atoms with E-state index in [0.29, 0.717) is 11.4 Å². The van der Waals surface area contributed by atoms with E-state index in [0.717, 1.165) is 11.0 Å². The predicted octanol–water partition coefficient (Wildman–Crippen LogP) is 2.67. The molecule has 0 radical (unpaired) electrons. The molecule has 0 saturated carbocycles. The number of aryl methyl sites for hydroxylation is 1. The van der Waals surface area contributed by atoms with Crippen molar-refractivity contribution in [3.05, 3.63) is 54.6 Å². The fourth-order valence-corrected chi connectivity index (χ4v) is 3.11. The molecule has 1 amide bonds. The van der Waals surface area contributed by atoms with Gasteiger partial charge >= 0.3 is 5.97 Å². The third kappa shape index (κ3) is 2.92. The Balaban J connectivity index is 1.47. The molecule has 4 rings (SSSR count). The summed E-state index contributed by atoms with van der Waals surface area (Å²) in [4.78, 5) is 30.4. The van der Waals surface area contributed by atoms with Crippen molar-refractivity contribution in [1.82, 2.24) is 9.55 Å². The number of fused-ring (bicyclic) bond motifs is 1. The van der Waals surface area contributed by atoms with Gasteiger partial charge in [-0.1, -0.05) is 0 Å². The Morgan fingerprint density at radius 1 is 1.23 bits per heavy atom. The average molecular weight is 353 g/mol. The van der Waals surface area contributed by atoms with Crippen molar-refractivity contribution in [1.29, 1.82) is 0 Å². The molecule has 26 heavy (non-hydrogen) atoms. The molecule has 1 unspecified atom stereocenters. The highest BCUT2D eigenvalue weighted by Gasteiger charge is 2.36. The van der Waals surface area contributed by atoms with Crippen LogP contribution in [0.4, 0.5) is 10.1 Å². The fourth-order valence-electron chi connectivity index (χ4n) is 3.11. The number of ether oxygens (including phenoxy) is 1. The molecule has 2 heterocycles. The van der Waals surface area contributed by atoms with Crippen molar-refractivity contribution >= 4 is 28.6 Å². The highest BCUT2D eigenvalue weighted by molar-refractivity contribution is 5.99. The van der Waals surface area contributed by atoms with E-state index >= 15 is 0 Å². The molecule has 2 aromatic carbocycles. The normalized spacial score (nSPS) is 17.1. The molecular formula is C19H16FN3O3. The molecule has 6 nitrogen and oxygen atoms in total. The van der Waals surface area contributed by atoms with E-state index in [4.69, 9.17) is 4.74 Å². The number of hydrogen-bond donors (Lipinski definition) is 0. The van der Waals surface area contributed by atoms with Gasteiger partial charge in [0.2, 0.25) is 5.91 Å². The number of esters is 1. The van der Waals surface area contributed by atoms with Crippen molar-refractivity contribution in [2.24, 2.45) is 13.0 Å². The maximum absolute atomic E-state index is 13.0. The summed E-state index contributed by atoms with van der Waals surface area (Å²) in [6, 6.07) is 10.9. The van der Waals surface area contributed by atoms with Gasteiger partial charge < -0.3 is 14.2 Å². The SMILES string of the molecule is Cn1cnc2cc(OC(=O)C3CC(=O)N(c4ccc(F)cc4)C3)ccc21. The average Bonchev–Trinajstić information content (AvgIpc) is 3.19. The number of hydrogen-bond acceptors (Lipinski definition) is 4. The first-order chi connectivity index (χ1) is 12.5. The van der Waals surface area contributed by atoms with Crippen LogP contribution in [0.3, 0.4) is 0 Å². The van der Waals surface area contributed by atoms with E-state index in [1.807, 2.05) is 17.7 Å². The number of nitrogens with zero attached hydrogens (tertiary/aromatic N) is 3. The first kappa shape index (κ1) is 16.3. The van der Waals surface area contributed by atoms with E-state index in [-0.39, 0.29) is 24.7 Å². The van der Waals surface area contributed by atoms with E-state index in [1.165, 1.54) is 29.2 Å². The van der Waals surface area contributed by atoms with Crippen LogP contribution in [0, 0.1) is 11.7 Å². The van der Waals surface area contributed by atoms with E-state index in [9.17, 15) is 14.0 Å². The Bertz CT molecular complexity index is 997. The molecule has 0 bridgehead atoms. The van der Waals surface area contributed by atoms with Gasteiger partial charge in [-0.3, -0.25) is 9.59 Å². The maximum atomic E-state index is 13.0. The van der Waals surface area contributed by atoms with Gasteiger partial charge in [-0.05, 0) is 36.4 Å². The highest BCUT2D eigenvalue weighted by atomic mass is 19.1. The van der Waals surface area contributed by atoms with Gasteiger partial charge in [-0.15, -0.1) is 0 Å². The molecular weight excluding hydrogens is 337 g/mol. The van der Waals surface area contributed by atoms with Gasteiger partial charge in [0.05, 0.1) is 23.3 Å². The minimum absolute atomic E-state index is 0.0715. The zero-order chi connectivity index (χ0) is 18.3. The standard InChI is InChI=1S/C19H16FN3O3/c1-22-11-21-16-9-15(6-7-17(16)22)26-19(25)12-8-18(24)23(10-12)14-4-2-13(20)3-5-14/h2-7,9,11-12H,8,10H2,1H3. The number of imidazole rings is 1. The zero-order valence-corrected chi connectivity index (χ0v) is 14.1. The largest absolute Gasteiger partial charge is 0.426 e. The van der Waals surface area contributed by atoms with Crippen molar-refractivity contribution in [3.63, 3.8) is 0 Å². The molecule has 0 aliphatic carbocycles. The summed E-state index contributed by atoms with van der Waals surface area (Å²) >= 11 is 0. The number of halogens is 1. The Morgan fingerprint density at radius 2 is 2.00 bits per heavy atom. The lowest BCUT2D eigenvalue weighted by Crippen LogP contribution is -2.27. The minimum Gasteiger partial charge on any atom is -0.426 e. The summed E-state index contributed by atoms with van der Waals surface area (Å²) in [6.45, 7) is 0.217. The molecule has 1 aliphatic heterocycles. The lowest BCUT2D eigenvalue weighted by atomic mass is 10.1. The summed E-state index contributed by atoms with van der Waals surface area (Å²) in [5.41, 5.74) is 2.23. The van der Waals surface area contributed by atoms with Crippen LogP contribution in [-0.2, 0) is 16.6 Å². The molecule has 7 heteroatoms. The number of carbonyl (C=O) groups excluding carboxylic acids is 2. The quantitative estimate of drug-likeness (QED) is 0.536. The van der Waals surface area contributed by atoms with Crippen LogP contribution < -0.4 is 9.64 Å². The molecule has 1 aliphatic rings. The van der Waals surface area contributed by atoms with Crippen LogP contribution in [0.1, 0.15) is 6.42 Å². The second-order valence-corrected chi connectivity index (χ2v) is 6.31. The molecule has 0 spiro atoms. The van der Waals surface area contributed by atoms with Crippen molar-refractivity contribution in [3.8, 4) is 5.75 Å². The van der Waals surface area contributed by atoms with Gasteiger partial charge in [0, 0.05) is 31.8 Å². The van der Waals surface area contributed by atoms with E-state index < -0.39 is 11.9 Å². The van der Waals surface area contributed by atoms with Crippen molar-refractivity contribution < 1.29 is 18.7 Å².